The normalized spacial score (nSPS) is 14.7. The third-order valence-corrected chi connectivity index (χ3v) is 7.53. The van der Waals surface area contributed by atoms with Crippen molar-refractivity contribution in [3.8, 4) is 11.5 Å². The Balaban J connectivity index is 1.42. The molecule has 0 spiro atoms. The minimum absolute atomic E-state index is 0.0510. The molecule has 0 saturated heterocycles. The molecule has 0 radical (unpaired) electrons. The average molecular weight is 471 g/mol. The molecule has 0 bridgehead atoms. The Morgan fingerprint density at radius 3 is 2.53 bits per heavy atom. The van der Waals surface area contributed by atoms with E-state index in [4.69, 9.17) is 21.1 Å². The Morgan fingerprint density at radius 1 is 0.969 bits per heavy atom. The van der Waals surface area contributed by atoms with Crippen LogP contribution in [0.15, 0.2) is 65.6 Å². The molecule has 0 unspecified atom stereocenters. The van der Waals surface area contributed by atoms with Gasteiger partial charge < -0.3 is 14.8 Å². The van der Waals surface area contributed by atoms with E-state index in [1.165, 1.54) is 16.4 Å². The first-order valence-corrected chi connectivity index (χ1v) is 11.9. The van der Waals surface area contributed by atoms with Crippen molar-refractivity contribution < 1.29 is 22.7 Å². The number of fused-ring (bicyclic) bond motifs is 2. The second-order valence-corrected chi connectivity index (χ2v) is 9.68. The maximum Gasteiger partial charge on any atom is 0.264 e. The number of carbonyl (C=O) groups excluding carboxylic acids is 1. The van der Waals surface area contributed by atoms with E-state index in [2.05, 4.69) is 5.32 Å². The van der Waals surface area contributed by atoms with Crippen molar-refractivity contribution in [3.63, 3.8) is 0 Å². The summed E-state index contributed by atoms with van der Waals surface area (Å²) in [5, 5.41) is 3.02. The fourth-order valence-electron chi connectivity index (χ4n) is 3.84. The highest BCUT2D eigenvalue weighted by Crippen LogP contribution is 2.38. The van der Waals surface area contributed by atoms with Crippen LogP contribution in [0.5, 0.6) is 11.5 Å². The number of nitrogens with one attached hydrogen (secondary N) is 1. The predicted molar refractivity (Wildman–Crippen MR) is 122 cm³/mol. The summed E-state index contributed by atoms with van der Waals surface area (Å²) in [5.41, 5.74) is 2.20. The van der Waals surface area contributed by atoms with E-state index in [9.17, 15) is 13.2 Å². The van der Waals surface area contributed by atoms with E-state index >= 15 is 0 Å². The summed E-state index contributed by atoms with van der Waals surface area (Å²) in [6.45, 7) is 1.20. The molecule has 9 heteroatoms. The van der Waals surface area contributed by atoms with Crippen molar-refractivity contribution in [1.82, 2.24) is 0 Å². The highest BCUT2D eigenvalue weighted by atomic mass is 35.5. The summed E-state index contributed by atoms with van der Waals surface area (Å²) < 4.78 is 39.0. The third-order valence-electron chi connectivity index (χ3n) is 5.41. The fraction of sp³-hybridized carbons (Fsp3) is 0.174. The lowest BCUT2D eigenvalue weighted by Gasteiger charge is -2.20. The summed E-state index contributed by atoms with van der Waals surface area (Å²) in [6.07, 6.45) is 0.651. The quantitative estimate of drug-likeness (QED) is 0.620. The van der Waals surface area contributed by atoms with Crippen LogP contribution in [-0.4, -0.2) is 34.1 Å². The van der Waals surface area contributed by atoms with Crippen LogP contribution in [0.4, 0.5) is 11.4 Å². The second-order valence-electron chi connectivity index (χ2n) is 7.41. The van der Waals surface area contributed by atoms with Gasteiger partial charge >= 0.3 is 0 Å². The minimum atomic E-state index is -3.81. The minimum Gasteiger partial charge on any atom is -0.486 e. The van der Waals surface area contributed by atoms with Gasteiger partial charge in [0.1, 0.15) is 13.2 Å². The van der Waals surface area contributed by atoms with Crippen LogP contribution in [0.1, 0.15) is 15.9 Å². The van der Waals surface area contributed by atoms with Gasteiger partial charge in [-0.1, -0.05) is 35.9 Å². The fourth-order valence-corrected chi connectivity index (χ4v) is 5.59. The number of nitrogens with zero attached hydrogens (tertiary/aromatic N) is 1. The molecule has 5 rings (SSSR count). The van der Waals surface area contributed by atoms with Gasteiger partial charge in [-0.05, 0) is 36.2 Å². The zero-order chi connectivity index (χ0) is 22.3. The number of rotatable bonds is 4. The topological polar surface area (TPSA) is 84.9 Å². The van der Waals surface area contributed by atoms with Crippen LogP contribution in [0, 0.1) is 0 Å². The molecule has 1 N–H and O–H groups in total. The van der Waals surface area contributed by atoms with Gasteiger partial charge in [0.15, 0.2) is 11.5 Å². The molecule has 164 valence electrons. The molecular weight excluding hydrogens is 452 g/mol. The van der Waals surface area contributed by atoms with Gasteiger partial charge in [0, 0.05) is 24.2 Å². The standard InChI is InChI=1S/C23H19ClN2O5S/c24-18-13-21-22(31-11-10-30-21)14-19(18)25-23(27)16-5-3-6-17(12-16)32(28,29)26-9-8-15-4-1-2-7-20(15)26/h1-7,12-14H,8-11H2,(H,25,27). The summed E-state index contributed by atoms with van der Waals surface area (Å²) in [4.78, 5) is 12.9. The van der Waals surface area contributed by atoms with Crippen molar-refractivity contribution >= 4 is 38.9 Å². The van der Waals surface area contributed by atoms with E-state index in [1.807, 2.05) is 18.2 Å². The number of amides is 1. The molecule has 3 aromatic carbocycles. The van der Waals surface area contributed by atoms with Crippen molar-refractivity contribution in [2.75, 3.05) is 29.4 Å². The van der Waals surface area contributed by atoms with Crippen molar-refractivity contribution in [2.45, 2.75) is 11.3 Å². The van der Waals surface area contributed by atoms with E-state index in [-0.39, 0.29) is 10.5 Å². The van der Waals surface area contributed by atoms with E-state index in [1.54, 1.807) is 30.3 Å². The number of ether oxygens (including phenoxy) is 2. The highest BCUT2D eigenvalue weighted by Gasteiger charge is 2.31. The Hall–Kier alpha value is -3.23. The summed E-state index contributed by atoms with van der Waals surface area (Å²) in [7, 11) is -3.81. The molecule has 1 amide bonds. The third kappa shape index (κ3) is 3.65. The first-order chi connectivity index (χ1) is 15.4. The zero-order valence-corrected chi connectivity index (χ0v) is 18.4. The lowest BCUT2D eigenvalue weighted by molar-refractivity contribution is 0.102. The van der Waals surface area contributed by atoms with Gasteiger partial charge in [0.25, 0.3) is 15.9 Å². The molecule has 0 fully saturated rings. The largest absolute Gasteiger partial charge is 0.486 e. The summed E-state index contributed by atoms with van der Waals surface area (Å²) in [6, 6.07) is 16.6. The predicted octanol–water partition coefficient (Wildman–Crippen LogP) is 4.11. The molecule has 0 aliphatic carbocycles. The van der Waals surface area contributed by atoms with Gasteiger partial charge in [-0.2, -0.15) is 0 Å². The van der Waals surface area contributed by atoms with Gasteiger partial charge in [0.05, 0.1) is 21.3 Å². The SMILES string of the molecule is O=C(Nc1cc2c(cc1Cl)OCCO2)c1cccc(S(=O)(=O)N2CCc3ccccc32)c1. The van der Waals surface area contributed by atoms with Crippen molar-refractivity contribution in [3.05, 3.63) is 76.8 Å². The Morgan fingerprint density at radius 2 is 1.72 bits per heavy atom. The Labute approximate surface area is 190 Å². The first kappa shape index (κ1) is 20.7. The number of hydrogen-bond donors (Lipinski definition) is 1. The first-order valence-electron chi connectivity index (χ1n) is 10.0. The molecule has 2 aliphatic heterocycles. The molecule has 0 atom stereocenters. The number of para-hydroxylation sites is 1. The van der Waals surface area contributed by atoms with Crippen LogP contribution in [0.3, 0.4) is 0 Å². The van der Waals surface area contributed by atoms with Gasteiger partial charge in [-0.3, -0.25) is 9.10 Å². The molecule has 0 aromatic heterocycles. The van der Waals surface area contributed by atoms with E-state index < -0.39 is 15.9 Å². The number of anilines is 2. The van der Waals surface area contributed by atoms with Crippen LogP contribution in [-0.2, 0) is 16.4 Å². The molecule has 32 heavy (non-hydrogen) atoms. The number of benzene rings is 3. The summed E-state index contributed by atoms with van der Waals surface area (Å²) >= 11 is 6.28. The van der Waals surface area contributed by atoms with Crippen LogP contribution < -0.4 is 19.1 Å². The van der Waals surface area contributed by atoms with Crippen LogP contribution in [0.25, 0.3) is 0 Å². The monoisotopic (exact) mass is 470 g/mol. The van der Waals surface area contributed by atoms with Crippen LogP contribution >= 0.6 is 11.6 Å². The van der Waals surface area contributed by atoms with E-state index in [0.717, 1.165) is 5.56 Å². The molecule has 0 saturated carbocycles. The second kappa shape index (κ2) is 8.03. The Kier molecular flexibility index (Phi) is 5.19. The lowest BCUT2D eigenvalue weighted by atomic mass is 10.2. The molecular formula is C23H19ClN2O5S. The van der Waals surface area contributed by atoms with Crippen LogP contribution in [0.2, 0.25) is 5.02 Å². The van der Waals surface area contributed by atoms with Gasteiger partial charge in [-0.15, -0.1) is 0 Å². The molecule has 3 aromatic rings. The average Bonchev–Trinajstić information content (AvgIpc) is 3.25. The number of halogens is 1. The molecule has 2 heterocycles. The van der Waals surface area contributed by atoms with Gasteiger partial charge in [-0.25, -0.2) is 8.42 Å². The lowest BCUT2D eigenvalue weighted by Crippen LogP contribution is -2.29. The number of sulfonamides is 1. The van der Waals surface area contributed by atoms with Crippen molar-refractivity contribution in [1.29, 1.82) is 0 Å². The highest BCUT2D eigenvalue weighted by molar-refractivity contribution is 7.92. The molecule has 2 aliphatic rings. The Bertz CT molecular complexity index is 1330. The maximum absolute atomic E-state index is 13.3. The number of hydrogen-bond acceptors (Lipinski definition) is 5. The zero-order valence-electron chi connectivity index (χ0n) is 16.9. The summed E-state index contributed by atoms with van der Waals surface area (Å²) in [5.74, 6) is 0.515. The number of carbonyl (C=O) groups is 1. The maximum atomic E-state index is 13.3. The van der Waals surface area contributed by atoms with Gasteiger partial charge in [0.2, 0.25) is 0 Å². The van der Waals surface area contributed by atoms with Crippen molar-refractivity contribution in [2.24, 2.45) is 0 Å². The van der Waals surface area contributed by atoms with E-state index in [0.29, 0.717) is 54.1 Å². The molecule has 7 nitrogen and oxygen atoms in total. The smallest absolute Gasteiger partial charge is 0.264 e.